The molecule has 3 rings (SSSR count). The van der Waals surface area contributed by atoms with Gasteiger partial charge in [-0.05, 0) is 74.8 Å². The summed E-state index contributed by atoms with van der Waals surface area (Å²) in [7, 11) is 1.70. The van der Waals surface area contributed by atoms with Crippen LogP contribution in [0.1, 0.15) is 50.2 Å². The number of ether oxygens (including phenoxy) is 2. The maximum absolute atomic E-state index is 9.89. The largest absolute Gasteiger partial charge is 0.507 e. The van der Waals surface area contributed by atoms with E-state index in [-0.39, 0.29) is 11.4 Å². The first-order chi connectivity index (χ1) is 13.5. The summed E-state index contributed by atoms with van der Waals surface area (Å²) in [6.45, 7) is 5.90. The van der Waals surface area contributed by atoms with Crippen LogP contribution in [-0.2, 0) is 4.74 Å². The minimum absolute atomic E-state index is 0.0767. The molecule has 1 aliphatic rings. The lowest BCUT2D eigenvalue weighted by molar-refractivity contribution is -0.0771. The summed E-state index contributed by atoms with van der Waals surface area (Å²) in [6, 6.07) is 15.7. The minimum atomic E-state index is -0.0767. The first-order valence-corrected chi connectivity index (χ1v) is 10.0. The molecule has 0 amide bonds. The van der Waals surface area contributed by atoms with Crippen LogP contribution < -0.4 is 4.74 Å². The second kappa shape index (κ2) is 9.24. The van der Waals surface area contributed by atoms with E-state index in [2.05, 4.69) is 31.0 Å². The van der Waals surface area contributed by atoms with E-state index < -0.39 is 0 Å². The molecule has 0 unspecified atom stereocenters. The van der Waals surface area contributed by atoms with Crippen molar-refractivity contribution in [2.24, 2.45) is 10.9 Å². The first-order valence-electron chi connectivity index (χ1n) is 10.0. The van der Waals surface area contributed by atoms with E-state index in [0.29, 0.717) is 11.8 Å². The second-order valence-corrected chi connectivity index (χ2v) is 8.12. The van der Waals surface area contributed by atoms with E-state index in [9.17, 15) is 5.11 Å². The number of rotatable bonds is 7. The van der Waals surface area contributed by atoms with Gasteiger partial charge >= 0.3 is 0 Å². The molecule has 1 aliphatic heterocycles. The van der Waals surface area contributed by atoms with Crippen LogP contribution in [0.25, 0.3) is 0 Å². The van der Waals surface area contributed by atoms with Crippen molar-refractivity contribution in [3.8, 4) is 11.5 Å². The van der Waals surface area contributed by atoms with E-state index in [4.69, 9.17) is 9.47 Å². The maximum atomic E-state index is 9.89. The van der Waals surface area contributed by atoms with Crippen molar-refractivity contribution in [1.82, 2.24) is 0 Å². The van der Waals surface area contributed by atoms with E-state index in [0.717, 1.165) is 43.7 Å². The lowest BCUT2D eigenvalue weighted by Gasteiger charge is -2.39. The van der Waals surface area contributed by atoms with Crippen LogP contribution in [0.5, 0.6) is 11.5 Å². The zero-order chi connectivity index (χ0) is 20.0. The van der Waals surface area contributed by atoms with Gasteiger partial charge in [-0.1, -0.05) is 24.3 Å². The lowest BCUT2D eigenvalue weighted by atomic mass is 9.75. The molecule has 0 bridgehead atoms. The third-order valence-electron chi connectivity index (χ3n) is 5.58. The van der Waals surface area contributed by atoms with Gasteiger partial charge in [0, 0.05) is 24.9 Å². The molecule has 150 valence electrons. The highest BCUT2D eigenvalue weighted by molar-refractivity contribution is 5.83. The van der Waals surface area contributed by atoms with Crippen molar-refractivity contribution < 1.29 is 14.6 Å². The van der Waals surface area contributed by atoms with Crippen LogP contribution in [0.15, 0.2) is 53.5 Å². The number of methoxy groups -OCH3 is 1. The van der Waals surface area contributed by atoms with Gasteiger partial charge in [-0.15, -0.1) is 0 Å². The van der Waals surface area contributed by atoms with Crippen LogP contribution in [0, 0.1) is 5.92 Å². The zero-order valence-electron chi connectivity index (χ0n) is 17.1. The summed E-state index contributed by atoms with van der Waals surface area (Å²) in [4.78, 5) is 4.59. The molecule has 1 fully saturated rings. The zero-order valence-corrected chi connectivity index (χ0v) is 17.1. The SMILES string of the molecule is COc1ccc([C@@H](CCN=Cc2ccccc2O)[C@H]2CCOC(C)(C)C2)cc1. The molecule has 28 heavy (non-hydrogen) atoms. The number of hydrogen-bond donors (Lipinski definition) is 1. The molecule has 0 aliphatic carbocycles. The Morgan fingerprint density at radius 1 is 1.21 bits per heavy atom. The summed E-state index contributed by atoms with van der Waals surface area (Å²) >= 11 is 0. The molecule has 1 heterocycles. The number of aromatic hydroxyl groups is 1. The smallest absolute Gasteiger partial charge is 0.124 e. The molecule has 0 spiro atoms. The Morgan fingerprint density at radius 3 is 2.64 bits per heavy atom. The van der Waals surface area contributed by atoms with Crippen LogP contribution in [0.4, 0.5) is 0 Å². The fourth-order valence-corrected chi connectivity index (χ4v) is 4.12. The molecule has 2 aromatic carbocycles. The normalized spacial score (nSPS) is 20.2. The maximum Gasteiger partial charge on any atom is 0.124 e. The molecular formula is C24H31NO3. The molecule has 4 nitrogen and oxygen atoms in total. The molecule has 0 aromatic heterocycles. The Hall–Kier alpha value is -2.33. The Balaban J connectivity index is 1.73. The van der Waals surface area contributed by atoms with Crippen LogP contribution >= 0.6 is 0 Å². The van der Waals surface area contributed by atoms with Crippen molar-refractivity contribution in [3.63, 3.8) is 0 Å². The third-order valence-corrected chi connectivity index (χ3v) is 5.58. The van der Waals surface area contributed by atoms with Crippen molar-refractivity contribution >= 4 is 6.21 Å². The average molecular weight is 382 g/mol. The van der Waals surface area contributed by atoms with Crippen molar-refractivity contribution in [2.75, 3.05) is 20.3 Å². The highest BCUT2D eigenvalue weighted by Gasteiger charge is 2.33. The second-order valence-electron chi connectivity index (χ2n) is 8.12. The molecule has 2 atom stereocenters. The van der Waals surface area contributed by atoms with Crippen LogP contribution in [0.2, 0.25) is 0 Å². The monoisotopic (exact) mass is 381 g/mol. The third kappa shape index (κ3) is 5.35. The highest BCUT2D eigenvalue weighted by atomic mass is 16.5. The molecule has 0 radical (unpaired) electrons. The standard InChI is InChI=1S/C24H31NO3/c1-24(2)16-19(13-15-28-24)22(18-8-10-21(27-3)11-9-18)12-14-25-17-20-6-4-5-7-23(20)26/h4-11,17,19,22,26H,12-16H2,1-3H3/t19-,22+/m0/s1. The summed E-state index contributed by atoms with van der Waals surface area (Å²) in [6.07, 6.45) is 4.86. The Bertz CT molecular complexity index is 783. The quantitative estimate of drug-likeness (QED) is 0.671. The average Bonchev–Trinajstić information content (AvgIpc) is 2.69. The summed E-state index contributed by atoms with van der Waals surface area (Å²) in [5.74, 6) is 2.14. The van der Waals surface area contributed by atoms with E-state index in [1.165, 1.54) is 5.56 Å². The van der Waals surface area contributed by atoms with Crippen molar-refractivity contribution in [2.45, 2.75) is 44.6 Å². The summed E-state index contributed by atoms with van der Waals surface area (Å²) in [5.41, 5.74) is 2.02. The number of para-hydroxylation sites is 1. The predicted molar refractivity (Wildman–Crippen MR) is 114 cm³/mol. The van der Waals surface area contributed by atoms with Gasteiger partial charge in [0.1, 0.15) is 11.5 Å². The summed E-state index contributed by atoms with van der Waals surface area (Å²) in [5, 5.41) is 9.89. The fourth-order valence-electron chi connectivity index (χ4n) is 4.12. The van der Waals surface area contributed by atoms with Gasteiger partial charge in [0.2, 0.25) is 0 Å². The lowest BCUT2D eigenvalue weighted by Crippen LogP contribution is -2.36. The van der Waals surface area contributed by atoms with Crippen molar-refractivity contribution in [3.05, 3.63) is 59.7 Å². The van der Waals surface area contributed by atoms with Crippen LogP contribution in [0.3, 0.4) is 0 Å². The van der Waals surface area contributed by atoms with E-state index >= 15 is 0 Å². The molecule has 0 saturated carbocycles. The fraction of sp³-hybridized carbons (Fsp3) is 0.458. The highest BCUT2D eigenvalue weighted by Crippen LogP contribution is 2.40. The minimum Gasteiger partial charge on any atom is -0.507 e. The van der Waals surface area contributed by atoms with Gasteiger partial charge in [-0.3, -0.25) is 4.99 Å². The summed E-state index contributed by atoms with van der Waals surface area (Å²) < 4.78 is 11.3. The molecule has 1 N–H and O–H groups in total. The van der Waals surface area contributed by atoms with Gasteiger partial charge in [-0.25, -0.2) is 0 Å². The van der Waals surface area contributed by atoms with Crippen molar-refractivity contribution in [1.29, 1.82) is 0 Å². The number of phenols is 1. The number of aliphatic imine (C=N–C) groups is 1. The molecule has 4 heteroatoms. The van der Waals surface area contributed by atoms with Gasteiger partial charge < -0.3 is 14.6 Å². The number of benzene rings is 2. The van der Waals surface area contributed by atoms with E-state index in [1.807, 2.05) is 30.3 Å². The predicted octanol–water partition coefficient (Wildman–Crippen LogP) is 5.20. The van der Waals surface area contributed by atoms with Gasteiger partial charge in [-0.2, -0.15) is 0 Å². The van der Waals surface area contributed by atoms with Crippen LogP contribution in [-0.4, -0.2) is 37.2 Å². The number of nitrogens with zero attached hydrogens (tertiary/aromatic N) is 1. The Labute approximate surface area is 168 Å². The molecule has 1 saturated heterocycles. The number of hydrogen-bond acceptors (Lipinski definition) is 4. The first kappa shape index (κ1) is 20.4. The van der Waals surface area contributed by atoms with Gasteiger partial charge in [0.25, 0.3) is 0 Å². The number of phenolic OH excluding ortho intramolecular Hbond substituents is 1. The topological polar surface area (TPSA) is 51.0 Å². The molecule has 2 aromatic rings. The Morgan fingerprint density at radius 2 is 1.96 bits per heavy atom. The molecular weight excluding hydrogens is 350 g/mol. The van der Waals surface area contributed by atoms with Gasteiger partial charge in [0.15, 0.2) is 0 Å². The Kier molecular flexibility index (Phi) is 6.74. The van der Waals surface area contributed by atoms with E-state index in [1.54, 1.807) is 19.4 Å². The van der Waals surface area contributed by atoms with Gasteiger partial charge in [0.05, 0.1) is 12.7 Å².